The highest BCUT2D eigenvalue weighted by Crippen LogP contribution is 2.29. The van der Waals surface area contributed by atoms with Gasteiger partial charge in [0, 0.05) is 43.1 Å². The van der Waals surface area contributed by atoms with Crippen molar-refractivity contribution in [2.75, 3.05) is 31.9 Å². The maximum absolute atomic E-state index is 5.38. The number of guanidine groups is 1. The van der Waals surface area contributed by atoms with Crippen LogP contribution in [0, 0.1) is 0 Å². The minimum Gasteiger partial charge on any atom is -0.469 e. The molecule has 1 aromatic rings. The summed E-state index contributed by atoms with van der Waals surface area (Å²) >= 11 is 2.05. The van der Waals surface area contributed by atoms with E-state index in [0.717, 1.165) is 56.5 Å². The molecule has 0 radical (unpaired) electrons. The molecule has 1 N–H and O–H groups in total. The van der Waals surface area contributed by atoms with Gasteiger partial charge in [0.25, 0.3) is 0 Å². The van der Waals surface area contributed by atoms with E-state index < -0.39 is 0 Å². The smallest absolute Gasteiger partial charge is 0.194 e. The van der Waals surface area contributed by atoms with E-state index in [0.29, 0.717) is 4.75 Å². The molecule has 1 aliphatic rings. The molecule has 2 heterocycles. The number of hydrogen-bond donors (Lipinski definition) is 1. The van der Waals surface area contributed by atoms with Crippen molar-refractivity contribution < 1.29 is 4.42 Å². The largest absolute Gasteiger partial charge is 0.469 e. The second-order valence-electron chi connectivity index (χ2n) is 5.99. The van der Waals surface area contributed by atoms with Gasteiger partial charge >= 0.3 is 0 Å². The number of rotatable bonds is 5. The van der Waals surface area contributed by atoms with Crippen LogP contribution in [0.25, 0.3) is 0 Å². The number of furan rings is 1. The molecule has 0 unspecified atom stereocenters. The standard InChI is InChI=1S/C16H27N3OS.HI/c1-4-8-17-15(18-9-7-14-6-5-11-20-14)19-10-12-21-16(2,3)13-19;/h5-6,11H,4,7-10,12-13H2,1-3H3,(H,17,18);1H. The quantitative estimate of drug-likeness (QED) is 0.434. The molecule has 1 aliphatic heterocycles. The zero-order valence-electron chi connectivity index (χ0n) is 13.8. The Kier molecular flexibility index (Phi) is 8.67. The predicted octanol–water partition coefficient (Wildman–Crippen LogP) is 3.62. The van der Waals surface area contributed by atoms with Gasteiger partial charge in [-0.05, 0) is 32.4 Å². The first-order valence-corrected chi connectivity index (χ1v) is 8.79. The minimum absolute atomic E-state index is 0. The van der Waals surface area contributed by atoms with Crippen LogP contribution in [0.4, 0.5) is 0 Å². The summed E-state index contributed by atoms with van der Waals surface area (Å²) in [5.41, 5.74) is 0. The Morgan fingerprint density at radius 2 is 2.32 bits per heavy atom. The van der Waals surface area contributed by atoms with E-state index in [4.69, 9.17) is 9.41 Å². The number of halogens is 1. The lowest BCUT2D eigenvalue weighted by atomic mass is 10.2. The average molecular weight is 437 g/mol. The van der Waals surface area contributed by atoms with Gasteiger partial charge in [-0.1, -0.05) is 6.92 Å². The molecule has 0 spiro atoms. The molecular weight excluding hydrogens is 409 g/mol. The van der Waals surface area contributed by atoms with Crippen LogP contribution in [0.1, 0.15) is 33.0 Å². The summed E-state index contributed by atoms with van der Waals surface area (Å²) in [6.07, 6.45) is 3.70. The second-order valence-corrected chi connectivity index (χ2v) is 7.79. The van der Waals surface area contributed by atoms with Gasteiger partial charge in [0.15, 0.2) is 5.96 Å². The molecule has 6 heteroatoms. The third kappa shape index (κ3) is 6.40. The SMILES string of the molecule is CCCN=C(NCCc1ccco1)N1CCSC(C)(C)C1.I. The second kappa shape index (κ2) is 9.70. The van der Waals surface area contributed by atoms with Gasteiger partial charge < -0.3 is 14.6 Å². The summed E-state index contributed by atoms with van der Waals surface area (Å²) in [6, 6.07) is 3.96. The van der Waals surface area contributed by atoms with Crippen molar-refractivity contribution in [3.63, 3.8) is 0 Å². The van der Waals surface area contributed by atoms with E-state index in [9.17, 15) is 0 Å². The molecule has 2 rings (SSSR count). The third-order valence-electron chi connectivity index (χ3n) is 3.44. The lowest BCUT2D eigenvalue weighted by Gasteiger charge is -2.39. The number of hydrogen-bond acceptors (Lipinski definition) is 3. The van der Waals surface area contributed by atoms with Gasteiger partial charge in [0.05, 0.1) is 6.26 Å². The lowest BCUT2D eigenvalue weighted by molar-refractivity contribution is 0.374. The molecule has 22 heavy (non-hydrogen) atoms. The Morgan fingerprint density at radius 1 is 1.50 bits per heavy atom. The summed E-state index contributed by atoms with van der Waals surface area (Å²) in [5, 5.41) is 3.51. The van der Waals surface area contributed by atoms with Crippen LogP contribution in [0.2, 0.25) is 0 Å². The molecule has 1 fully saturated rings. The van der Waals surface area contributed by atoms with E-state index in [1.165, 1.54) is 0 Å². The van der Waals surface area contributed by atoms with Crippen molar-refractivity contribution in [3.05, 3.63) is 24.2 Å². The molecule has 0 atom stereocenters. The average Bonchev–Trinajstić information content (AvgIpc) is 2.94. The number of thioether (sulfide) groups is 1. The van der Waals surface area contributed by atoms with Crippen molar-refractivity contribution >= 4 is 41.7 Å². The van der Waals surface area contributed by atoms with E-state index in [2.05, 4.69) is 31.0 Å². The summed E-state index contributed by atoms with van der Waals surface area (Å²) < 4.78 is 5.68. The number of nitrogens with zero attached hydrogens (tertiary/aromatic N) is 2. The Bertz CT molecular complexity index is 448. The predicted molar refractivity (Wildman–Crippen MR) is 107 cm³/mol. The first kappa shape index (κ1) is 19.7. The van der Waals surface area contributed by atoms with Crippen LogP contribution in [-0.2, 0) is 6.42 Å². The van der Waals surface area contributed by atoms with Crippen molar-refractivity contribution in [1.29, 1.82) is 0 Å². The van der Waals surface area contributed by atoms with Crippen LogP contribution in [-0.4, -0.2) is 47.5 Å². The lowest BCUT2D eigenvalue weighted by Crippen LogP contribution is -2.51. The Morgan fingerprint density at radius 3 is 2.95 bits per heavy atom. The molecule has 4 nitrogen and oxygen atoms in total. The third-order valence-corrected chi connectivity index (χ3v) is 4.74. The van der Waals surface area contributed by atoms with E-state index in [-0.39, 0.29) is 24.0 Å². The molecule has 0 saturated carbocycles. The Labute approximate surface area is 155 Å². The van der Waals surface area contributed by atoms with Crippen molar-refractivity contribution in [1.82, 2.24) is 10.2 Å². The van der Waals surface area contributed by atoms with Gasteiger partial charge in [-0.25, -0.2) is 0 Å². The maximum Gasteiger partial charge on any atom is 0.194 e. The first-order chi connectivity index (χ1) is 10.1. The van der Waals surface area contributed by atoms with Crippen LogP contribution in [0.3, 0.4) is 0 Å². The van der Waals surface area contributed by atoms with Gasteiger partial charge in [-0.15, -0.1) is 24.0 Å². The molecule has 0 aliphatic carbocycles. The van der Waals surface area contributed by atoms with E-state index in [1.54, 1.807) is 6.26 Å². The van der Waals surface area contributed by atoms with E-state index in [1.807, 2.05) is 23.9 Å². The highest BCUT2D eigenvalue weighted by Gasteiger charge is 2.28. The molecule has 0 aromatic carbocycles. The van der Waals surface area contributed by atoms with Crippen molar-refractivity contribution in [2.45, 2.75) is 38.4 Å². The molecular formula is C16H28IN3OS. The summed E-state index contributed by atoms with van der Waals surface area (Å²) in [7, 11) is 0. The van der Waals surface area contributed by atoms with Crippen molar-refractivity contribution in [2.24, 2.45) is 4.99 Å². The minimum atomic E-state index is 0. The highest BCUT2D eigenvalue weighted by molar-refractivity contribution is 14.0. The molecule has 126 valence electrons. The monoisotopic (exact) mass is 437 g/mol. The fourth-order valence-corrected chi connectivity index (χ4v) is 3.55. The number of aliphatic imine (C=N–C) groups is 1. The van der Waals surface area contributed by atoms with Crippen LogP contribution < -0.4 is 5.32 Å². The molecule has 0 amide bonds. The highest BCUT2D eigenvalue weighted by atomic mass is 127. The Balaban J connectivity index is 0.00000242. The van der Waals surface area contributed by atoms with Gasteiger partial charge in [0.2, 0.25) is 0 Å². The topological polar surface area (TPSA) is 40.8 Å². The van der Waals surface area contributed by atoms with Crippen LogP contribution >= 0.6 is 35.7 Å². The van der Waals surface area contributed by atoms with Gasteiger partial charge in [-0.3, -0.25) is 4.99 Å². The summed E-state index contributed by atoms with van der Waals surface area (Å²) in [6.45, 7) is 10.7. The van der Waals surface area contributed by atoms with Gasteiger partial charge in [-0.2, -0.15) is 11.8 Å². The summed E-state index contributed by atoms with van der Waals surface area (Å²) in [5.74, 6) is 3.24. The van der Waals surface area contributed by atoms with E-state index >= 15 is 0 Å². The zero-order valence-corrected chi connectivity index (χ0v) is 16.9. The number of nitrogens with one attached hydrogen (secondary N) is 1. The van der Waals surface area contributed by atoms with Crippen LogP contribution in [0.15, 0.2) is 27.8 Å². The van der Waals surface area contributed by atoms with Crippen molar-refractivity contribution in [3.8, 4) is 0 Å². The Hall–Kier alpha value is -0.370. The molecule has 1 saturated heterocycles. The molecule has 0 bridgehead atoms. The van der Waals surface area contributed by atoms with Gasteiger partial charge in [0.1, 0.15) is 5.76 Å². The van der Waals surface area contributed by atoms with Crippen LogP contribution in [0.5, 0.6) is 0 Å². The maximum atomic E-state index is 5.38. The zero-order chi connectivity index (χ0) is 15.1. The normalized spacial score (nSPS) is 18.0. The first-order valence-electron chi connectivity index (χ1n) is 7.80. The summed E-state index contributed by atoms with van der Waals surface area (Å²) in [4.78, 5) is 7.14. The fourth-order valence-electron chi connectivity index (χ4n) is 2.43. The fraction of sp³-hybridized carbons (Fsp3) is 0.688. The molecule has 1 aromatic heterocycles.